The van der Waals surface area contributed by atoms with Crippen molar-refractivity contribution in [2.75, 3.05) is 0 Å². The van der Waals surface area contributed by atoms with E-state index in [2.05, 4.69) is 32.9 Å². The summed E-state index contributed by atoms with van der Waals surface area (Å²) in [5.74, 6) is 0. The van der Waals surface area contributed by atoms with Gasteiger partial charge in [0.2, 0.25) is 0 Å². The van der Waals surface area contributed by atoms with Gasteiger partial charge in [-0.3, -0.25) is 4.79 Å². The predicted octanol–water partition coefficient (Wildman–Crippen LogP) is 3.23. The van der Waals surface area contributed by atoms with Gasteiger partial charge in [-0.15, -0.1) is 0 Å². The van der Waals surface area contributed by atoms with Crippen LogP contribution >= 0.6 is 7.92 Å². The van der Waals surface area contributed by atoms with Crippen LogP contribution in [0.15, 0.2) is 42.5 Å². The lowest BCUT2D eigenvalue weighted by molar-refractivity contribution is 0.569. The van der Waals surface area contributed by atoms with Crippen LogP contribution in [0, 0.1) is 20.8 Å². The minimum Gasteiger partial charge on any atom is -0.298 e. The second-order valence-corrected chi connectivity index (χ2v) is 6.47. The lowest BCUT2D eigenvalue weighted by Gasteiger charge is -2.17. The van der Waals surface area contributed by atoms with Crippen LogP contribution in [0.4, 0.5) is 0 Å². The van der Waals surface area contributed by atoms with E-state index in [4.69, 9.17) is 0 Å². The van der Waals surface area contributed by atoms with Crippen molar-refractivity contribution in [1.29, 1.82) is 0 Å². The Labute approximate surface area is 110 Å². The zero-order valence-corrected chi connectivity index (χ0v) is 11.9. The van der Waals surface area contributed by atoms with E-state index in [1.54, 1.807) is 0 Å². The number of aryl methyl sites for hydroxylation is 3. The van der Waals surface area contributed by atoms with Crippen LogP contribution in [0.25, 0.3) is 0 Å². The van der Waals surface area contributed by atoms with Gasteiger partial charge in [0.25, 0.3) is 0 Å². The van der Waals surface area contributed by atoms with Crippen molar-refractivity contribution >= 4 is 24.6 Å². The van der Waals surface area contributed by atoms with Crippen LogP contribution < -0.4 is 10.6 Å². The summed E-state index contributed by atoms with van der Waals surface area (Å²) in [4.78, 5) is 11.5. The smallest absolute Gasteiger partial charge is 0.150 e. The lowest BCUT2D eigenvalue weighted by Crippen LogP contribution is -2.18. The molecule has 0 aromatic heterocycles. The molecule has 2 rings (SSSR count). The van der Waals surface area contributed by atoms with Gasteiger partial charge in [-0.25, -0.2) is 0 Å². The molecular formula is C16H17OP. The average Bonchev–Trinajstić information content (AvgIpc) is 2.34. The molecule has 0 saturated heterocycles. The zero-order valence-electron chi connectivity index (χ0n) is 11.0. The maximum atomic E-state index is 11.5. The molecule has 0 aliphatic carbocycles. The van der Waals surface area contributed by atoms with Crippen molar-refractivity contribution in [1.82, 2.24) is 0 Å². The lowest BCUT2D eigenvalue weighted by atomic mass is 10.1. The van der Waals surface area contributed by atoms with Gasteiger partial charge in [-0.2, -0.15) is 0 Å². The second-order valence-electron chi connectivity index (χ2n) is 4.56. The van der Waals surface area contributed by atoms with Gasteiger partial charge in [-0.1, -0.05) is 48.0 Å². The monoisotopic (exact) mass is 256 g/mol. The van der Waals surface area contributed by atoms with Crippen LogP contribution in [0.1, 0.15) is 16.7 Å². The third-order valence-corrected chi connectivity index (χ3v) is 5.27. The van der Waals surface area contributed by atoms with E-state index in [1.165, 1.54) is 22.0 Å². The zero-order chi connectivity index (χ0) is 13.1. The number of hydrogen-bond acceptors (Lipinski definition) is 1. The largest absolute Gasteiger partial charge is 0.298 e. The van der Waals surface area contributed by atoms with Crippen LogP contribution in [0.2, 0.25) is 0 Å². The van der Waals surface area contributed by atoms with Crippen molar-refractivity contribution in [3.8, 4) is 0 Å². The molecule has 0 heterocycles. The molecule has 2 heteroatoms. The fourth-order valence-electron chi connectivity index (χ4n) is 2.38. The third-order valence-electron chi connectivity index (χ3n) is 3.02. The number of rotatable bonds is 3. The molecule has 18 heavy (non-hydrogen) atoms. The molecule has 0 aliphatic heterocycles. The quantitative estimate of drug-likeness (QED) is 0.608. The maximum absolute atomic E-state index is 11.5. The van der Waals surface area contributed by atoms with E-state index in [0.29, 0.717) is 0 Å². The Morgan fingerprint density at radius 2 is 1.50 bits per heavy atom. The first-order chi connectivity index (χ1) is 8.63. The molecule has 1 nitrogen and oxygen atoms in total. The van der Waals surface area contributed by atoms with Gasteiger partial charge in [0, 0.05) is 7.92 Å². The number of hydrogen-bond donors (Lipinski definition) is 0. The fourth-order valence-corrected chi connectivity index (χ4v) is 4.25. The molecule has 0 fully saturated rings. The molecule has 0 spiro atoms. The van der Waals surface area contributed by atoms with Crippen molar-refractivity contribution < 1.29 is 4.79 Å². The van der Waals surface area contributed by atoms with Crippen LogP contribution in [-0.4, -0.2) is 6.03 Å². The van der Waals surface area contributed by atoms with E-state index in [0.717, 1.165) is 11.3 Å². The van der Waals surface area contributed by atoms with Crippen LogP contribution in [0.5, 0.6) is 0 Å². The van der Waals surface area contributed by atoms with E-state index in [1.807, 2.05) is 30.3 Å². The van der Waals surface area contributed by atoms with E-state index in [9.17, 15) is 4.79 Å². The summed E-state index contributed by atoms with van der Waals surface area (Å²) in [6, 6.07) is 15.5. The topological polar surface area (TPSA) is 17.1 Å². The Morgan fingerprint density at radius 1 is 0.944 bits per heavy atom. The molecule has 0 bridgehead atoms. The van der Waals surface area contributed by atoms with E-state index >= 15 is 0 Å². The Kier molecular flexibility index (Phi) is 3.93. The van der Waals surface area contributed by atoms with Gasteiger partial charge in [-0.05, 0) is 42.5 Å². The first-order valence-corrected chi connectivity index (χ1v) is 7.42. The van der Waals surface area contributed by atoms with Crippen molar-refractivity contribution in [2.24, 2.45) is 0 Å². The summed E-state index contributed by atoms with van der Waals surface area (Å²) in [6.45, 7) is 6.28. The van der Waals surface area contributed by atoms with Crippen molar-refractivity contribution in [2.45, 2.75) is 20.8 Å². The van der Waals surface area contributed by atoms with Gasteiger partial charge in [0.05, 0.1) is 0 Å². The molecule has 1 unspecified atom stereocenters. The fraction of sp³-hybridized carbons (Fsp3) is 0.188. The summed E-state index contributed by atoms with van der Waals surface area (Å²) < 4.78 is 0. The Morgan fingerprint density at radius 3 is 2.00 bits per heavy atom. The number of carbonyl (C=O) groups excluding carboxylic acids is 1. The highest BCUT2D eigenvalue weighted by Crippen LogP contribution is 2.32. The van der Waals surface area contributed by atoms with Gasteiger partial charge in [0.1, 0.15) is 0 Å². The maximum Gasteiger partial charge on any atom is 0.150 e. The molecule has 0 N–H and O–H groups in total. The first kappa shape index (κ1) is 13.0. The molecule has 2 aromatic rings. The van der Waals surface area contributed by atoms with Crippen LogP contribution in [-0.2, 0) is 4.79 Å². The SMILES string of the molecule is Cc1cc(C)c(P(C=O)c2ccccc2)c(C)c1. The second kappa shape index (κ2) is 5.46. The van der Waals surface area contributed by atoms with Crippen molar-refractivity contribution in [3.05, 3.63) is 59.2 Å². The Hall–Kier alpha value is -1.46. The minimum absolute atomic E-state index is 0.883. The molecular weight excluding hydrogens is 239 g/mol. The number of carbonyl (C=O) groups is 1. The Bertz CT molecular complexity index is 538. The standard InChI is InChI=1S/C16H17OP/c1-12-9-13(2)16(14(3)10-12)18(11-17)15-7-5-4-6-8-15/h4-11H,1-3H3. The molecule has 92 valence electrons. The molecule has 0 radical (unpaired) electrons. The summed E-state index contributed by atoms with van der Waals surface area (Å²) in [7, 11) is -0.883. The minimum atomic E-state index is -0.883. The molecule has 2 aromatic carbocycles. The van der Waals surface area contributed by atoms with Gasteiger partial charge in [0.15, 0.2) is 6.03 Å². The van der Waals surface area contributed by atoms with E-state index < -0.39 is 7.92 Å². The summed E-state index contributed by atoms with van der Waals surface area (Å²) in [5, 5.41) is 2.33. The predicted molar refractivity (Wildman–Crippen MR) is 80.0 cm³/mol. The Balaban J connectivity index is 2.56. The van der Waals surface area contributed by atoms with Crippen molar-refractivity contribution in [3.63, 3.8) is 0 Å². The highest BCUT2D eigenvalue weighted by atomic mass is 31.1. The summed E-state index contributed by atoms with van der Waals surface area (Å²) >= 11 is 0. The molecule has 0 amide bonds. The highest BCUT2D eigenvalue weighted by Gasteiger charge is 2.17. The first-order valence-electron chi connectivity index (χ1n) is 6.01. The summed E-state index contributed by atoms with van der Waals surface area (Å²) in [5.41, 5.74) is 3.69. The number of benzene rings is 2. The highest BCUT2D eigenvalue weighted by molar-refractivity contribution is 7.85. The molecule has 0 saturated carbocycles. The molecule has 0 aliphatic rings. The van der Waals surface area contributed by atoms with Gasteiger partial charge < -0.3 is 0 Å². The normalized spacial score (nSPS) is 12.2. The summed E-state index contributed by atoms with van der Waals surface area (Å²) in [6.07, 6.45) is 0. The molecule has 1 atom stereocenters. The third kappa shape index (κ3) is 2.52. The van der Waals surface area contributed by atoms with E-state index in [-0.39, 0.29) is 0 Å². The average molecular weight is 256 g/mol. The van der Waals surface area contributed by atoms with Crippen LogP contribution in [0.3, 0.4) is 0 Å². The van der Waals surface area contributed by atoms with Gasteiger partial charge >= 0.3 is 0 Å².